The Balaban J connectivity index is 1.66. The summed E-state index contributed by atoms with van der Waals surface area (Å²) in [6.07, 6.45) is 0. The van der Waals surface area contributed by atoms with Crippen LogP contribution in [0.2, 0.25) is 0 Å². The van der Waals surface area contributed by atoms with Crippen LogP contribution in [0.25, 0.3) is 10.6 Å². The van der Waals surface area contributed by atoms with Crippen LogP contribution in [0.1, 0.15) is 16.1 Å². The van der Waals surface area contributed by atoms with Gasteiger partial charge in [0, 0.05) is 11.8 Å². The molecule has 2 heterocycles. The lowest BCUT2D eigenvalue weighted by Gasteiger charge is -2.05. The number of rotatable bonds is 4. The molecule has 0 saturated carbocycles. The number of ether oxygens (including phenoxy) is 1. The van der Waals surface area contributed by atoms with Crippen LogP contribution in [-0.2, 0) is 11.3 Å². The largest absolute Gasteiger partial charge is 0.455 e. The molecule has 5 nitrogen and oxygen atoms in total. The molecule has 7 heteroatoms. The van der Waals surface area contributed by atoms with E-state index in [4.69, 9.17) is 15.0 Å². The van der Waals surface area contributed by atoms with Gasteiger partial charge in [-0.2, -0.15) is 0 Å². The molecule has 0 atom stereocenters. The summed E-state index contributed by atoms with van der Waals surface area (Å²) >= 11 is 1.52. The number of aromatic nitrogens is 1. The summed E-state index contributed by atoms with van der Waals surface area (Å²) in [4.78, 5) is 12.8. The average Bonchev–Trinajstić information content (AvgIpc) is 3.16. The van der Waals surface area contributed by atoms with Gasteiger partial charge in [-0.1, -0.05) is 11.2 Å². The van der Waals surface area contributed by atoms with Crippen molar-refractivity contribution < 1.29 is 18.4 Å². The Kier molecular flexibility index (Phi) is 3.88. The van der Waals surface area contributed by atoms with Crippen molar-refractivity contribution >= 4 is 23.0 Å². The molecule has 0 spiro atoms. The quantitative estimate of drug-likeness (QED) is 0.588. The van der Waals surface area contributed by atoms with Gasteiger partial charge in [-0.3, -0.25) is 0 Å². The lowest BCUT2D eigenvalue weighted by Crippen LogP contribution is -2.08. The van der Waals surface area contributed by atoms with E-state index < -0.39 is 11.8 Å². The fraction of sp³-hybridized carbons (Fsp3) is 0.0667. The molecule has 0 aliphatic carbocycles. The molecule has 0 bridgehead atoms. The van der Waals surface area contributed by atoms with Gasteiger partial charge in [0.05, 0.1) is 10.4 Å². The van der Waals surface area contributed by atoms with Gasteiger partial charge in [0.1, 0.15) is 18.1 Å². The number of hydrogen-bond donors (Lipinski definition) is 1. The Labute approximate surface area is 129 Å². The maximum atomic E-state index is 12.9. The zero-order valence-electron chi connectivity index (χ0n) is 11.3. The second-order valence-corrected chi connectivity index (χ2v) is 5.42. The van der Waals surface area contributed by atoms with Crippen molar-refractivity contribution in [2.75, 3.05) is 5.73 Å². The highest BCUT2D eigenvalue weighted by Crippen LogP contribution is 2.25. The maximum Gasteiger partial charge on any atom is 0.340 e. The van der Waals surface area contributed by atoms with Crippen LogP contribution in [0.4, 0.5) is 10.1 Å². The number of nitrogens with zero attached hydrogens (tertiary/aromatic N) is 1. The molecule has 1 aromatic carbocycles. The summed E-state index contributed by atoms with van der Waals surface area (Å²) in [5, 5.41) is 5.76. The minimum Gasteiger partial charge on any atom is -0.455 e. The summed E-state index contributed by atoms with van der Waals surface area (Å²) in [7, 11) is 0. The number of nitrogen functional groups attached to an aromatic ring is 1. The van der Waals surface area contributed by atoms with E-state index >= 15 is 0 Å². The summed E-state index contributed by atoms with van der Waals surface area (Å²) in [6.45, 7) is -0.0511. The molecule has 0 amide bonds. The molecule has 2 N–H and O–H groups in total. The topological polar surface area (TPSA) is 78.4 Å². The predicted octanol–water partition coefficient (Wildman–Crippen LogP) is 3.48. The van der Waals surface area contributed by atoms with Crippen LogP contribution in [0.3, 0.4) is 0 Å². The normalized spacial score (nSPS) is 10.6. The molecule has 112 valence electrons. The highest BCUT2D eigenvalue weighted by molar-refractivity contribution is 7.13. The second-order valence-electron chi connectivity index (χ2n) is 4.47. The number of thiophene rings is 1. The molecule has 2 aromatic heterocycles. The Morgan fingerprint density at radius 3 is 2.95 bits per heavy atom. The summed E-state index contributed by atoms with van der Waals surface area (Å²) in [6, 6.07) is 9.01. The number of benzene rings is 1. The van der Waals surface area contributed by atoms with Gasteiger partial charge in [0.25, 0.3) is 0 Å². The number of anilines is 1. The number of halogens is 1. The van der Waals surface area contributed by atoms with Crippen LogP contribution in [0, 0.1) is 5.82 Å². The maximum absolute atomic E-state index is 12.9. The minimum atomic E-state index is -0.641. The molecular weight excluding hydrogens is 307 g/mol. The van der Waals surface area contributed by atoms with Crippen molar-refractivity contribution in [3.63, 3.8) is 0 Å². The summed E-state index contributed by atoms with van der Waals surface area (Å²) in [5.74, 6) is -0.536. The fourth-order valence-electron chi connectivity index (χ4n) is 1.85. The predicted molar refractivity (Wildman–Crippen MR) is 79.7 cm³/mol. The van der Waals surface area contributed by atoms with Crippen LogP contribution < -0.4 is 5.73 Å². The minimum absolute atomic E-state index is 0.0319. The van der Waals surface area contributed by atoms with E-state index in [1.54, 1.807) is 6.07 Å². The molecule has 0 unspecified atom stereocenters. The zero-order valence-corrected chi connectivity index (χ0v) is 12.1. The van der Waals surface area contributed by atoms with Gasteiger partial charge in [-0.15, -0.1) is 11.3 Å². The van der Waals surface area contributed by atoms with Crippen molar-refractivity contribution in [1.82, 2.24) is 5.16 Å². The van der Waals surface area contributed by atoms with E-state index in [2.05, 4.69) is 5.16 Å². The van der Waals surface area contributed by atoms with Crippen molar-refractivity contribution in [3.05, 3.63) is 58.9 Å². The van der Waals surface area contributed by atoms with E-state index in [0.29, 0.717) is 11.5 Å². The van der Waals surface area contributed by atoms with Gasteiger partial charge in [0.2, 0.25) is 0 Å². The first-order chi connectivity index (χ1) is 10.6. The summed E-state index contributed by atoms with van der Waals surface area (Å²) < 4.78 is 23.2. The van der Waals surface area contributed by atoms with Crippen LogP contribution in [0.5, 0.6) is 0 Å². The molecule has 0 saturated heterocycles. The van der Waals surface area contributed by atoms with Gasteiger partial charge < -0.3 is 15.0 Å². The third-order valence-electron chi connectivity index (χ3n) is 2.91. The Bertz CT molecular complexity index is 799. The molecule has 3 aromatic rings. The van der Waals surface area contributed by atoms with Gasteiger partial charge in [0.15, 0.2) is 5.76 Å². The third kappa shape index (κ3) is 2.99. The molecule has 22 heavy (non-hydrogen) atoms. The van der Waals surface area contributed by atoms with Crippen molar-refractivity contribution in [2.45, 2.75) is 6.61 Å². The van der Waals surface area contributed by atoms with Gasteiger partial charge in [-0.05, 0) is 29.6 Å². The van der Waals surface area contributed by atoms with E-state index in [0.717, 1.165) is 17.0 Å². The molecular formula is C15H11FN2O3S. The highest BCUT2D eigenvalue weighted by atomic mass is 32.1. The molecule has 0 radical (unpaired) electrons. The Morgan fingerprint density at radius 1 is 1.36 bits per heavy atom. The van der Waals surface area contributed by atoms with E-state index in [9.17, 15) is 9.18 Å². The smallest absolute Gasteiger partial charge is 0.340 e. The van der Waals surface area contributed by atoms with Crippen molar-refractivity contribution in [2.24, 2.45) is 0 Å². The van der Waals surface area contributed by atoms with E-state index in [1.165, 1.54) is 17.4 Å². The first kappa shape index (κ1) is 14.3. The molecule has 3 rings (SSSR count). The number of carbonyl (C=O) groups excluding carboxylic acids is 1. The monoisotopic (exact) mass is 318 g/mol. The first-order valence-electron chi connectivity index (χ1n) is 6.35. The standard InChI is InChI=1S/C15H11FN2O3S/c16-9-3-4-11(12(17)6-9)15(19)20-8-10-7-13(21-18-10)14-2-1-5-22-14/h1-7H,8,17H2. The SMILES string of the molecule is Nc1cc(F)ccc1C(=O)OCc1cc(-c2cccs2)on1. The average molecular weight is 318 g/mol. The molecule has 0 aliphatic heterocycles. The second kappa shape index (κ2) is 5.98. The Hall–Kier alpha value is -2.67. The first-order valence-corrected chi connectivity index (χ1v) is 7.23. The number of nitrogens with two attached hydrogens (primary N) is 1. The van der Waals surface area contributed by atoms with Crippen LogP contribution in [-0.4, -0.2) is 11.1 Å². The lowest BCUT2D eigenvalue weighted by atomic mass is 10.2. The highest BCUT2D eigenvalue weighted by Gasteiger charge is 2.14. The molecule has 0 fully saturated rings. The number of hydrogen-bond acceptors (Lipinski definition) is 6. The molecule has 0 aliphatic rings. The van der Waals surface area contributed by atoms with Gasteiger partial charge >= 0.3 is 5.97 Å². The summed E-state index contributed by atoms with van der Waals surface area (Å²) in [5.41, 5.74) is 6.22. The van der Waals surface area contributed by atoms with Crippen molar-refractivity contribution in [3.8, 4) is 10.6 Å². The number of carbonyl (C=O) groups is 1. The fourth-order valence-corrected chi connectivity index (χ4v) is 2.52. The third-order valence-corrected chi connectivity index (χ3v) is 3.79. The van der Waals surface area contributed by atoms with Gasteiger partial charge in [-0.25, -0.2) is 9.18 Å². The zero-order chi connectivity index (χ0) is 15.5. The van der Waals surface area contributed by atoms with Crippen molar-refractivity contribution in [1.29, 1.82) is 0 Å². The lowest BCUT2D eigenvalue weighted by molar-refractivity contribution is 0.0465. The Morgan fingerprint density at radius 2 is 2.23 bits per heavy atom. The van der Waals surface area contributed by atoms with E-state index in [1.807, 2.05) is 17.5 Å². The van der Waals surface area contributed by atoms with Crippen LogP contribution >= 0.6 is 11.3 Å². The number of esters is 1. The van der Waals surface area contributed by atoms with Crippen LogP contribution in [0.15, 0.2) is 46.3 Å². The van der Waals surface area contributed by atoms with E-state index in [-0.39, 0.29) is 17.9 Å².